The number of aromatic carboxylic acids is 1. The normalized spacial score (nSPS) is 24.7. The summed E-state index contributed by atoms with van der Waals surface area (Å²) in [5.74, 6) is -0.707. The molecule has 1 aliphatic carbocycles. The van der Waals surface area contributed by atoms with E-state index in [1.54, 1.807) is 12.1 Å². The Balaban J connectivity index is 1.75. The number of carbonyl (C=O) groups excluding carboxylic acids is 1. The van der Waals surface area contributed by atoms with E-state index >= 15 is 0 Å². The van der Waals surface area contributed by atoms with Crippen LogP contribution < -0.4 is 5.73 Å². The van der Waals surface area contributed by atoms with E-state index in [9.17, 15) is 9.59 Å². The van der Waals surface area contributed by atoms with Crippen molar-refractivity contribution in [3.05, 3.63) is 34.9 Å². The number of carboxylic acids is 1. The summed E-state index contributed by atoms with van der Waals surface area (Å²) in [6, 6.07) is 5.34. The lowest BCUT2D eigenvalue weighted by Gasteiger charge is -2.31. The van der Waals surface area contributed by atoms with Crippen molar-refractivity contribution < 1.29 is 14.7 Å². The average Bonchev–Trinajstić information content (AvgIpc) is 2.91. The zero-order valence-electron chi connectivity index (χ0n) is 11.9. The molecule has 0 radical (unpaired) electrons. The van der Waals surface area contributed by atoms with Gasteiger partial charge in [-0.3, -0.25) is 4.79 Å². The first-order chi connectivity index (χ1) is 10.0. The Kier molecular flexibility index (Phi) is 3.68. The molecule has 0 bridgehead atoms. The second-order valence-corrected chi connectivity index (χ2v) is 6.07. The maximum absolute atomic E-state index is 12.5. The second-order valence-electron chi connectivity index (χ2n) is 6.07. The SMILES string of the molecule is NC1CCC(C(=O)N2CCc3ccc(C(=O)O)cc3C2)C1. The van der Waals surface area contributed by atoms with Crippen LogP contribution >= 0.6 is 0 Å². The zero-order valence-corrected chi connectivity index (χ0v) is 11.9. The molecule has 1 amide bonds. The van der Waals surface area contributed by atoms with Gasteiger partial charge in [0, 0.05) is 25.0 Å². The van der Waals surface area contributed by atoms with Crippen LogP contribution in [0.1, 0.15) is 40.7 Å². The van der Waals surface area contributed by atoms with Crippen LogP contribution in [0.2, 0.25) is 0 Å². The minimum Gasteiger partial charge on any atom is -0.478 e. The van der Waals surface area contributed by atoms with Crippen LogP contribution in [0.5, 0.6) is 0 Å². The van der Waals surface area contributed by atoms with E-state index in [2.05, 4.69) is 0 Å². The summed E-state index contributed by atoms with van der Waals surface area (Å²) in [4.78, 5) is 25.4. The average molecular weight is 288 g/mol. The number of hydrogen-bond acceptors (Lipinski definition) is 3. The number of nitrogens with zero attached hydrogens (tertiary/aromatic N) is 1. The van der Waals surface area contributed by atoms with E-state index in [1.165, 1.54) is 0 Å². The Morgan fingerprint density at radius 1 is 1.24 bits per heavy atom. The molecule has 0 aromatic heterocycles. The summed E-state index contributed by atoms with van der Waals surface area (Å²) in [7, 11) is 0. The summed E-state index contributed by atoms with van der Waals surface area (Å²) in [6.45, 7) is 1.23. The molecule has 0 saturated heterocycles. The number of rotatable bonds is 2. The maximum atomic E-state index is 12.5. The van der Waals surface area contributed by atoms with Crippen molar-refractivity contribution in [1.29, 1.82) is 0 Å². The van der Waals surface area contributed by atoms with Gasteiger partial charge < -0.3 is 15.7 Å². The summed E-state index contributed by atoms with van der Waals surface area (Å²) in [6.07, 6.45) is 3.36. The van der Waals surface area contributed by atoms with Gasteiger partial charge in [0.05, 0.1) is 5.56 Å². The molecule has 1 aromatic rings. The fourth-order valence-electron chi connectivity index (χ4n) is 3.38. The Bertz CT molecular complexity index is 585. The van der Waals surface area contributed by atoms with Crippen molar-refractivity contribution in [2.45, 2.75) is 38.3 Å². The van der Waals surface area contributed by atoms with Gasteiger partial charge in [-0.2, -0.15) is 0 Å². The lowest BCUT2D eigenvalue weighted by atomic mass is 9.96. The van der Waals surface area contributed by atoms with E-state index < -0.39 is 5.97 Å². The highest BCUT2D eigenvalue weighted by molar-refractivity contribution is 5.88. The number of fused-ring (bicyclic) bond motifs is 1. The molecule has 1 fully saturated rings. The molecule has 3 rings (SSSR count). The molecular formula is C16H20N2O3. The highest BCUT2D eigenvalue weighted by Gasteiger charge is 2.32. The van der Waals surface area contributed by atoms with Crippen LogP contribution in [0.3, 0.4) is 0 Å². The fourth-order valence-corrected chi connectivity index (χ4v) is 3.38. The Morgan fingerprint density at radius 2 is 2.05 bits per heavy atom. The summed E-state index contributed by atoms with van der Waals surface area (Å²) in [5, 5.41) is 9.07. The van der Waals surface area contributed by atoms with Gasteiger partial charge in [0.2, 0.25) is 5.91 Å². The minimum absolute atomic E-state index is 0.0456. The van der Waals surface area contributed by atoms with Crippen molar-refractivity contribution in [2.24, 2.45) is 11.7 Å². The Hall–Kier alpha value is -1.88. The van der Waals surface area contributed by atoms with Gasteiger partial charge in [-0.15, -0.1) is 0 Å². The molecule has 1 heterocycles. The summed E-state index contributed by atoms with van der Waals surface area (Å²) < 4.78 is 0. The quantitative estimate of drug-likeness (QED) is 0.861. The maximum Gasteiger partial charge on any atom is 0.335 e. The molecule has 0 spiro atoms. The molecular weight excluding hydrogens is 268 g/mol. The van der Waals surface area contributed by atoms with Gasteiger partial charge in [-0.25, -0.2) is 4.79 Å². The van der Waals surface area contributed by atoms with Gasteiger partial charge in [0.25, 0.3) is 0 Å². The molecule has 21 heavy (non-hydrogen) atoms. The molecule has 2 atom stereocenters. The minimum atomic E-state index is -0.928. The Morgan fingerprint density at radius 3 is 2.71 bits per heavy atom. The molecule has 3 N–H and O–H groups in total. The van der Waals surface area contributed by atoms with Gasteiger partial charge in [-0.05, 0) is 48.9 Å². The van der Waals surface area contributed by atoms with E-state index in [4.69, 9.17) is 10.8 Å². The number of nitrogens with two attached hydrogens (primary N) is 1. The number of carboxylic acid groups (broad SMARTS) is 1. The van der Waals surface area contributed by atoms with Crippen LogP contribution in [0.4, 0.5) is 0 Å². The molecule has 1 saturated carbocycles. The third-order valence-electron chi connectivity index (χ3n) is 4.60. The lowest BCUT2D eigenvalue weighted by molar-refractivity contribution is -0.136. The van der Waals surface area contributed by atoms with E-state index in [-0.39, 0.29) is 23.4 Å². The van der Waals surface area contributed by atoms with Crippen molar-refractivity contribution in [3.8, 4) is 0 Å². The van der Waals surface area contributed by atoms with Crippen molar-refractivity contribution in [3.63, 3.8) is 0 Å². The van der Waals surface area contributed by atoms with Crippen LogP contribution in [0.25, 0.3) is 0 Å². The first-order valence-electron chi connectivity index (χ1n) is 7.44. The predicted molar refractivity (Wildman–Crippen MR) is 77.8 cm³/mol. The third-order valence-corrected chi connectivity index (χ3v) is 4.60. The molecule has 1 aliphatic heterocycles. The molecule has 5 heteroatoms. The number of benzene rings is 1. The van der Waals surface area contributed by atoms with Crippen LogP contribution in [0, 0.1) is 5.92 Å². The van der Waals surface area contributed by atoms with Crippen molar-refractivity contribution in [1.82, 2.24) is 4.90 Å². The van der Waals surface area contributed by atoms with Crippen molar-refractivity contribution in [2.75, 3.05) is 6.54 Å². The number of amides is 1. The van der Waals surface area contributed by atoms with Crippen LogP contribution in [-0.2, 0) is 17.8 Å². The summed E-state index contributed by atoms with van der Waals surface area (Å²) >= 11 is 0. The zero-order chi connectivity index (χ0) is 15.0. The van der Waals surface area contributed by atoms with Gasteiger partial charge >= 0.3 is 5.97 Å². The van der Waals surface area contributed by atoms with Gasteiger partial charge in [0.15, 0.2) is 0 Å². The van der Waals surface area contributed by atoms with Gasteiger partial charge in [0.1, 0.15) is 0 Å². The number of hydrogen-bond donors (Lipinski definition) is 2. The van der Waals surface area contributed by atoms with E-state index in [1.807, 2.05) is 11.0 Å². The van der Waals surface area contributed by atoms with E-state index in [0.29, 0.717) is 13.1 Å². The highest BCUT2D eigenvalue weighted by atomic mass is 16.4. The second kappa shape index (κ2) is 5.48. The van der Waals surface area contributed by atoms with Crippen LogP contribution in [-0.4, -0.2) is 34.5 Å². The largest absolute Gasteiger partial charge is 0.478 e. The molecule has 2 aliphatic rings. The molecule has 112 valence electrons. The lowest BCUT2D eigenvalue weighted by Crippen LogP contribution is -2.39. The Labute approximate surface area is 123 Å². The third kappa shape index (κ3) is 2.78. The topological polar surface area (TPSA) is 83.6 Å². The van der Waals surface area contributed by atoms with Crippen LogP contribution in [0.15, 0.2) is 18.2 Å². The molecule has 2 unspecified atom stereocenters. The standard InChI is InChI=1S/C16H20N2O3/c17-14-4-3-11(8-14)15(19)18-6-5-10-1-2-12(16(20)21)7-13(10)9-18/h1-2,7,11,14H,3-6,8-9,17H2,(H,20,21). The molecule has 1 aromatic carbocycles. The van der Waals surface area contributed by atoms with Gasteiger partial charge in [-0.1, -0.05) is 6.07 Å². The first-order valence-corrected chi connectivity index (χ1v) is 7.44. The fraction of sp³-hybridized carbons (Fsp3) is 0.500. The van der Waals surface area contributed by atoms with Crippen molar-refractivity contribution >= 4 is 11.9 Å². The smallest absolute Gasteiger partial charge is 0.335 e. The number of carbonyl (C=O) groups is 2. The highest BCUT2D eigenvalue weighted by Crippen LogP contribution is 2.28. The first kappa shape index (κ1) is 14.1. The monoisotopic (exact) mass is 288 g/mol. The molecule has 5 nitrogen and oxygen atoms in total. The van der Waals surface area contributed by atoms with E-state index in [0.717, 1.165) is 36.8 Å². The summed E-state index contributed by atoms with van der Waals surface area (Å²) in [5.41, 5.74) is 8.27. The predicted octanol–water partition coefficient (Wildman–Crippen LogP) is 1.40.